The van der Waals surface area contributed by atoms with Crippen molar-refractivity contribution in [1.82, 2.24) is 14.7 Å². The Bertz CT molecular complexity index is 950. The highest BCUT2D eigenvalue weighted by atomic mass is 35.5. The van der Waals surface area contributed by atoms with Crippen molar-refractivity contribution >= 4 is 34.1 Å². The van der Waals surface area contributed by atoms with Crippen LogP contribution in [0.2, 0.25) is 5.02 Å². The van der Waals surface area contributed by atoms with E-state index in [-0.39, 0.29) is 5.91 Å². The topological polar surface area (TPSA) is 59.4 Å². The molecule has 27 heavy (non-hydrogen) atoms. The first-order chi connectivity index (χ1) is 13.2. The van der Waals surface area contributed by atoms with Crippen LogP contribution >= 0.6 is 11.6 Å². The third-order valence-electron chi connectivity index (χ3n) is 4.69. The molecule has 140 valence electrons. The van der Waals surface area contributed by atoms with E-state index in [9.17, 15) is 4.79 Å². The molecule has 1 aromatic heterocycles. The Morgan fingerprint density at radius 2 is 1.93 bits per heavy atom. The number of nitrogens with one attached hydrogen (secondary N) is 1. The van der Waals surface area contributed by atoms with Crippen LogP contribution in [-0.2, 0) is 11.3 Å². The Morgan fingerprint density at radius 3 is 2.74 bits per heavy atom. The van der Waals surface area contributed by atoms with Crippen LogP contribution in [0.15, 0.2) is 48.5 Å². The maximum absolute atomic E-state index is 12.8. The van der Waals surface area contributed by atoms with E-state index < -0.39 is 0 Å². The number of morpholine rings is 1. The lowest BCUT2D eigenvalue weighted by atomic mass is 10.2. The van der Waals surface area contributed by atoms with Gasteiger partial charge in [0.05, 0.1) is 25.3 Å². The molecule has 0 aliphatic carbocycles. The van der Waals surface area contributed by atoms with Crippen molar-refractivity contribution in [3.8, 4) is 0 Å². The zero-order valence-electron chi connectivity index (χ0n) is 14.9. The number of ether oxygens (including phenoxy) is 1. The van der Waals surface area contributed by atoms with E-state index >= 15 is 0 Å². The molecule has 0 unspecified atom stereocenters. The number of rotatable bonds is 5. The van der Waals surface area contributed by atoms with E-state index in [1.165, 1.54) is 0 Å². The van der Waals surface area contributed by atoms with Crippen molar-refractivity contribution in [2.75, 3.05) is 38.2 Å². The summed E-state index contributed by atoms with van der Waals surface area (Å²) in [7, 11) is 0. The molecule has 0 atom stereocenters. The lowest BCUT2D eigenvalue weighted by Gasteiger charge is -2.26. The average molecular weight is 385 g/mol. The summed E-state index contributed by atoms with van der Waals surface area (Å²) >= 11 is 6.00. The number of aromatic nitrogens is 2. The predicted octanol–water partition coefficient (Wildman–Crippen LogP) is 3.27. The third-order valence-corrected chi connectivity index (χ3v) is 4.92. The van der Waals surface area contributed by atoms with Gasteiger partial charge in [0, 0.05) is 35.7 Å². The Morgan fingerprint density at radius 1 is 1.11 bits per heavy atom. The number of benzene rings is 2. The molecule has 1 aliphatic heterocycles. The molecule has 0 saturated carbocycles. The molecule has 3 aromatic rings. The molecule has 1 aliphatic rings. The highest BCUT2D eigenvalue weighted by Gasteiger charge is 2.18. The highest BCUT2D eigenvalue weighted by molar-refractivity contribution is 6.31. The molecule has 1 saturated heterocycles. The van der Waals surface area contributed by atoms with E-state index in [1.54, 1.807) is 24.3 Å². The number of amides is 1. The van der Waals surface area contributed by atoms with E-state index in [1.807, 2.05) is 28.9 Å². The molecule has 6 nitrogen and oxygen atoms in total. The third kappa shape index (κ3) is 4.13. The van der Waals surface area contributed by atoms with Crippen LogP contribution in [0.5, 0.6) is 0 Å². The van der Waals surface area contributed by atoms with Gasteiger partial charge >= 0.3 is 0 Å². The van der Waals surface area contributed by atoms with E-state index in [4.69, 9.17) is 16.3 Å². The average Bonchev–Trinajstić information content (AvgIpc) is 3.06. The smallest absolute Gasteiger partial charge is 0.276 e. The van der Waals surface area contributed by atoms with Gasteiger partial charge in [-0.3, -0.25) is 14.4 Å². The van der Waals surface area contributed by atoms with Gasteiger partial charge in [0.25, 0.3) is 5.91 Å². The number of halogens is 1. The van der Waals surface area contributed by atoms with E-state index in [0.717, 1.165) is 50.3 Å². The van der Waals surface area contributed by atoms with Gasteiger partial charge in [-0.1, -0.05) is 35.9 Å². The van der Waals surface area contributed by atoms with Crippen LogP contribution in [0.1, 0.15) is 10.5 Å². The summed E-state index contributed by atoms with van der Waals surface area (Å²) < 4.78 is 7.31. The van der Waals surface area contributed by atoms with Crippen LogP contribution in [0.3, 0.4) is 0 Å². The van der Waals surface area contributed by atoms with E-state index in [2.05, 4.69) is 15.3 Å². The number of hydrogen-bond acceptors (Lipinski definition) is 4. The van der Waals surface area contributed by atoms with Crippen molar-refractivity contribution < 1.29 is 9.53 Å². The summed E-state index contributed by atoms with van der Waals surface area (Å²) in [6, 6.07) is 14.9. The van der Waals surface area contributed by atoms with Crippen molar-refractivity contribution in [3.63, 3.8) is 0 Å². The molecule has 1 fully saturated rings. The molecule has 2 heterocycles. The summed E-state index contributed by atoms with van der Waals surface area (Å²) in [4.78, 5) is 15.2. The van der Waals surface area contributed by atoms with E-state index in [0.29, 0.717) is 16.4 Å². The van der Waals surface area contributed by atoms with Gasteiger partial charge in [0.15, 0.2) is 5.69 Å². The minimum Gasteiger partial charge on any atom is -0.379 e. The molecule has 1 N–H and O–H groups in total. The molecule has 7 heteroatoms. The number of carbonyl (C=O) groups is 1. The maximum atomic E-state index is 12.8. The fourth-order valence-electron chi connectivity index (χ4n) is 3.28. The number of hydrogen-bond donors (Lipinski definition) is 1. The monoisotopic (exact) mass is 384 g/mol. The second kappa shape index (κ2) is 8.08. The standard InChI is InChI=1S/C20H21ClN4O2/c21-15-4-3-5-16(14-15)22-20(26)19-17-6-1-2-7-18(17)25(23-19)9-8-24-10-12-27-13-11-24/h1-7,14H,8-13H2,(H,22,26). The van der Waals surface area contributed by atoms with Gasteiger partial charge in [-0.2, -0.15) is 5.10 Å². The van der Waals surface area contributed by atoms with Crippen LogP contribution in [0.4, 0.5) is 5.69 Å². The van der Waals surface area contributed by atoms with Gasteiger partial charge in [-0.25, -0.2) is 0 Å². The van der Waals surface area contributed by atoms with Gasteiger partial charge in [-0.15, -0.1) is 0 Å². The van der Waals surface area contributed by atoms with Crippen LogP contribution in [0, 0.1) is 0 Å². The van der Waals surface area contributed by atoms with Crippen molar-refractivity contribution in [3.05, 3.63) is 59.2 Å². The first-order valence-electron chi connectivity index (χ1n) is 9.03. The maximum Gasteiger partial charge on any atom is 0.276 e. The minimum atomic E-state index is -0.237. The fourth-order valence-corrected chi connectivity index (χ4v) is 3.47. The number of fused-ring (bicyclic) bond motifs is 1. The zero-order valence-corrected chi connectivity index (χ0v) is 15.7. The molecule has 2 aromatic carbocycles. The number of carbonyl (C=O) groups excluding carboxylic acids is 1. The highest BCUT2D eigenvalue weighted by Crippen LogP contribution is 2.21. The second-order valence-corrected chi connectivity index (χ2v) is 6.94. The largest absolute Gasteiger partial charge is 0.379 e. The summed E-state index contributed by atoms with van der Waals surface area (Å²) in [5.74, 6) is -0.237. The quantitative estimate of drug-likeness (QED) is 0.733. The van der Waals surface area contributed by atoms with Gasteiger partial charge < -0.3 is 10.1 Å². The Kier molecular flexibility index (Phi) is 5.38. The van der Waals surface area contributed by atoms with Crippen LogP contribution < -0.4 is 5.32 Å². The molecular formula is C20H21ClN4O2. The SMILES string of the molecule is O=C(Nc1cccc(Cl)c1)c1nn(CCN2CCOCC2)c2ccccc12. The summed E-state index contributed by atoms with van der Waals surface area (Å²) in [6.07, 6.45) is 0. The van der Waals surface area contributed by atoms with Crippen molar-refractivity contribution in [2.24, 2.45) is 0 Å². The number of anilines is 1. The molecule has 0 spiro atoms. The minimum absolute atomic E-state index is 0.237. The lowest BCUT2D eigenvalue weighted by Crippen LogP contribution is -2.38. The van der Waals surface area contributed by atoms with Crippen LogP contribution in [0.25, 0.3) is 10.9 Å². The number of para-hydroxylation sites is 1. The lowest BCUT2D eigenvalue weighted by molar-refractivity contribution is 0.0361. The van der Waals surface area contributed by atoms with Crippen molar-refractivity contribution in [2.45, 2.75) is 6.54 Å². The predicted molar refractivity (Wildman–Crippen MR) is 106 cm³/mol. The first-order valence-corrected chi connectivity index (χ1v) is 9.41. The molecule has 0 bridgehead atoms. The molecular weight excluding hydrogens is 364 g/mol. The number of nitrogens with zero attached hydrogens (tertiary/aromatic N) is 3. The fraction of sp³-hybridized carbons (Fsp3) is 0.300. The second-order valence-electron chi connectivity index (χ2n) is 6.51. The molecule has 0 radical (unpaired) electrons. The van der Waals surface area contributed by atoms with Gasteiger partial charge in [-0.05, 0) is 24.3 Å². The Hall–Kier alpha value is -2.41. The summed E-state index contributed by atoms with van der Waals surface area (Å²) in [6.45, 7) is 5.01. The normalized spacial score (nSPS) is 15.1. The molecule has 4 rings (SSSR count). The zero-order chi connectivity index (χ0) is 18.6. The molecule has 1 amide bonds. The van der Waals surface area contributed by atoms with Crippen LogP contribution in [-0.4, -0.2) is 53.4 Å². The summed E-state index contributed by atoms with van der Waals surface area (Å²) in [5.41, 5.74) is 2.04. The Balaban J connectivity index is 1.56. The summed E-state index contributed by atoms with van der Waals surface area (Å²) in [5, 5.41) is 8.91. The van der Waals surface area contributed by atoms with Gasteiger partial charge in [0.2, 0.25) is 0 Å². The van der Waals surface area contributed by atoms with Crippen molar-refractivity contribution in [1.29, 1.82) is 0 Å². The Labute approximate surface area is 162 Å². The van der Waals surface area contributed by atoms with Gasteiger partial charge in [0.1, 0.15) is 0 Å². The first kappa shape index (κ1) is 18.0.